The molecule has 0 fully saturated rings. The van der Waals surface area contributed by atoms with Crippen molar-refractivity contribution in [2.24, 2.45) is 0 Å². The zero-order valence-electron chi connectivity index (χ0n) is 9.86. The molecule has 0 saturated heterocycles. The molecule has 0 aliphatic heterocycles. The van der Waals surface area contributed by atoms with Crippen molar-refractivity contribution in [1.82, 2.24) is 15.5 Å². The minimum Gasteiger partial charge on any atom is -0.351 e. The molecule has 90 valence electrons. The number of amides is 1. The average Bonchev–Trinajstić information content (AvgIpc) is 2.97. The van der Waals surface area contributed by atoms with Gasteiger partial charge in [-0.05, 0) is 11.4 Å². The van der Waals surface area contributed by atoms with Crippen molar-refractivity contribution in [3.05, 3.63) is 40.3 Å². The summed E-state index contributed by atoms with van der Waals surface area (Å²) in [6.45, 7) is 4.85. The fraction of sp³-hybridized carbons (Fsp3) is 0.333. The number of aromatic amines is 1. The smallest absolute Gasteiger partial charge is 0.254 e. The Hall–Kier alpha value is -1.62. The van der Waals surface area contributed by atoms with Gasteiger partial charge in [-0.3, -0.25) is 9.89 Å². The number of rotatable bonds is 4. The van der Waals surface area contributed by atoms with Crippen LogP contribution in [-0.2, 0) is 5.41 Å². The van der Waals surface area contributed by atoms with E-state index in [2.05, 4.69) is 40.8 Å². The summed E-state index contributed by atoms with van der Waals surface area (Å²) in [4.78, 5) is 13.0. The van der Waals surface area contributed by atoms with Gasteiger partial charge in [-0.2, -0.15) is 5.10 Å². The van der Waals surface area contributed by atoms with Gasteiger partial charge in [-0.25, -0.2) is 0 Å². The molecule has 1 amide bonds. The van der Waals surface area contributed by atoms with Gasteiger partial charge in [-0.15, -0.1) is 11.3 Å². The lowest BCUT2D eigenvalue weighted by atomic mass is 9.91. The van der Waals surface area contributed by atoms with Crippen LogP contribution >= 0.6 is 11.3 Å². The molecule has 0 aliphatic rings. The number of aromatic nitrogens is 2. The Bertz CT molecular complexity index is 474. The van der Waals surface area contributed by atoms with Gasteiger partial charge in [0.1, 0.15) is 0 Å². The molecule has 0 bridgehead atoms. The Labute approximate surface area is 104 Å². The standard InChI is InChI=1S/C12H15N3OS/c1-12(2,10-4-3-5-17-10)8-13-11(16)9-6-14-15-7-9/h3-7H,8H2,1-2H3,(H,13,16)(H,14,15). The van der Waals surface area contributed by atoms with Gasteiger partial charge >= 0.3 is 0 Å². The maximum absolute atomic E-state index is 11.8. The van der Waals surface area contributed by atoms with Crippen molar-refractivity contribution in [1.29, 1.82) is 0 Å². The fourth-order valence-corrected chi connectivity index (χ4v) is 2.38. The van der Waals surface area contributed by atoms with Crippen molar-refractivity contribution in [3.63, 3.8) is 0 Å². The molecule has 0 atom stereocenters. The first-order chi connectivity index (χ1) is 8.09. The van der Waals surface area contributed by atoms with Crippen LogP contribution in [0.3, 0.4) is 0 Å². The zero-order chi connectivity index (χ0) is 12.3. The number of hydrogen-bond acceptors (Lipinski definition) is 3. The molecule has 0 spiro atoms. The van der Waals surface area contributed by atoms with Crippen LogP contribution in [0.15, 0.2) is 29.9 Å². The second-order valence-electron chi connectivity index (χ2n) is 4.53. The van der Waals surface area contributed by atoms with E-state index in [0.29, 0.717) is 12.1 Å². The number of thiophene rings is 1. The van der Waals surface area contributed by atoms with E-state index in [4.69, 9.17) is 0 Å². The fourth-order valence-electron chi connectivity index (χ4n) is 1.53. The van der Waals surface area contributed by atoms with Crippen LogP contribution in [0.25, 0.3) is 0 Å². The van der Waals surface area contributed by atoms with Gasteiger partial charge in [0.05, 0.1) is 11.8 Å². The van der Waals surface area contributed by atoms with Gasteiger partial charge < -0.3 is 5.32 Å². The van der Waals surface area contributed by atoms with E-state index < -0.39 is 0 Å². The van der Waals surface area contributed by atoms with Crippen LogP contribution < -0.4 is 5.32 Å². The highest BCUT2D eigenvalue weighted by atomic mass is 32.1. The molecule has 0 radical (unpaired) electrons. The molecular weight excluding hydrogens is 234 g/mol. The van der Waals surface area contributed by atoms with E-state index in [1.165, 1.54) is 11.1 Å². The van der Waals surface area contributed by atoms with E-state index in [9.17, 15) is 4.79 Å². The zero-order valence-corrected chi connectivity index (χ0v) is 10.7. The Morgan fingerprint density at radius 1 is 1.59 bits per heavy atom. The maximum Gasteiger partial charge on any atom is 0.254 e. The van der Waals surface area contributed by atoms with E-state index >= 15 is 0 Å². The number of nitrogens with one attached hydrogen (secondary N) is 2. The Kier molecular flexibility index (Phi) is 3.28. The van der Waals surface area contributed by atoms with E-state index in [-0.39, 0.29) is 11.3 Å². The molecule has 0 saturated carbocycles. The maximum atomic E-state index is 11.8. The summed E-state index contributed by atoms with van der Waals surface area (Å²) >= 11 is 1.71. The molecule has 2 aromatic rings. The highest BCUT2D eigenvalue weighted by Gasteiger charge is 2.22. The van der Waals surface area contributed by atoms with Crippen LogP contribution in [0.5, 0.6) is 0 Å². The van der Waals surface area contributed by atoms with Crippen molar-refractivity contribution < 1.29 is 4.79 Å². The second-order valence-corrected chi connectivity index (χ2v) is 5.48. The quantitative estimate of drug-likeness (QED) is 0.872. The van der Waals surface area contributed by atoms with E-state index in [0.717, 1.165) is 0 Å². The minimum absolute atomic E-state index is 0.0481. The molecule has 0 aliphatic carbocycles. The lowest BCUT2D eigenvalue weighted by molar-refractivity contribution is 0.0946. The number of H-pyrrole nitrogens is 1. The molecule has 17 heavy (non-hydrogen) atoms. The van der Waals surface area contributed by atoms with Gasteiger partial charge in [0.15, 0.2) is 0 Å². The predicted molar refractivity (Wildman–Crippen MR) is 68.3 cm³/mol. The van der Waals surface area contributed by atoms with Crippen LogP contribution in [0, 0.1) is 0 Å². The number of nitrogens with zero attached hydrogens (tertiary/aromatic N) is 1. The Morgan fingerprint density at radius 2 is 2.41 bits per heavy atom. The number of carbonyl (C=O) groups excluding carboxylic acids is 1. The third-order valence-electron chi connectivity index (χ3n) is 2.64. The normalized spacial score (nSPS) is 11.4. The molecule has 0 aromatic carbocycles. The summed E-state index contributed by atoms with van der Waals surface area (Å²) < 4.78 is 0. The van der Waals surface area contributed by atoms with Gasteiger partial charge in [-0.1, -0.05) is 19.9 Å². The van der Waals surface area contributed by atoms with Crippen molar-refractivity contribution in [3.8, 4) is 0 Å². The van der Waals surface area contributed by atoms with E-state index in [1.807, 2.05) is 6.07 Å². The highest BCUT2D eigenvalue weighted by Crippen LogP contribution is 2.26. The van der Waals surface area contributed by atoms with E-state index in [1.54, 1.807) is 17.5 Å². The molecular formula is C12H15N3OS. The summed E-state index contributed by atoms with van der Waals surface area (Å²) in [6, 6.07) is 4.12. The molecule has 2 N–H and O–H groups in total. The summed E-state index contributed by atoms with van der Waals surface area (Å²) in [7, 11) is 0. The third-order valence-corrected chi connectivity index (χ3v) is 3.88. The average molecular weight is 249 g/mol. The molecule has 2 heterocycles. The van der Waals surface area contributed by atoms with Gasteiger partial charge in [0.25, 0.3) is 5.91 Å². The predicted octanol–water partition coefficient (Wildman–Crippen LogP) is 2.18. The second kappa shape index (κ2) is 4.71. The number of carbonyl (C=O) groups is 1. The Morgan fingerprint density at radius 3 is 3.00 bits per heavy atom. The molecule has 2 aromatic heterocycles. The van der Waals surface area contributed by atoms with Crippen LogP contribution in [0.1, 0.15) is 29.1 Å². The Balaban J connectivity index is 1.96. The van der Waals surface area contributed by atoms with Gasteiger partial charge in [0.2, 0.25) is 0 Å². The molecule has 2 rings (SSSR count). The first-order valence-corrected chi connectivity index (χ1v) is 6.28. The lowest BCUT2D eigenvalue weighted by Crippen LogP contribution is -2.36. The van der Waals surface area contributed by atoms with Crippen molar-refractivity contribution >= 4 is 17.2 Å². The van der Waals surface area contributed by atoms with Crippen molar-refractivity contribution in [2.75, 3.05) is 6.54 Å². The number of hydrogen-bond donors (Lipinski definition) is 2. The summed E-state index contributed by atoms with van der Waals surface area (Å²) in [5, 5.41) is 11.4. The first kappa shape index (κ1) is 11.9. The minimum atomic E-state index is -0.0941. The summed E-state index contributed by atoms with van der Waals surface area (Å²) in [6.07, 6.45) is 3.11. The van der Waals surface area contributed by atoms with Gasteiger partial charge in [0, 0.05) is 23.0 Å². The first-order valence-electron chi connectivity index (χ1n) is 5.40. The molecule has 5 heteroatoms. The molecule has 4 nitrogen and oxygen atoms in total. The molecule has 0 unspecified atom stereocenters. The lowest BCUT2D eigenvalue weighted by Gasteiger charge is -2.23. The largest absolute Gasteiger partial charge is 0.351 e. The summed E-state index contributed by atoms with van der Waals surface area (Å²) in [5.41, 5.74) is 0.514. The SMILES string of the molecule is CC(C)(CNC(=O)c1cn[nH]c1)c1cccs1. The van der Waals surface area contributed by atoms with Crippen LogP contribution in [0.4, 0.5) is 0 Å². The van der Waals surface area contributed by atoms with Crippen LogP contribution in [0.2, 0.25) is 0 Å². The summed E-state index contributed by atoms with van der Waals surface area (Å²) in [5.74, 6) is -0.0941. The van der Waals surface area contributed by atoms with Crippen molar-refractivity contribution in [2.45, 2.75) is 19.3 Å². The monoisotopic (exact) mass is 249 g/mol. The topological polar surface area (TPSA) is 57.8 Å². The third kappa shape index (κ3) is 2.74. The highest BCUT2D eigenvalue weighted by molar-refractivity contribution is 7.10. The van der Waals surface area contributed by atoms with Crippen LogP contribution in [-0.4, -0.2) is 22.6 Å².